The van der Waals surface area contributed by atoms with Crippen LogP contribution in [0.5, 0.6) is 0 Å². The van der Waals surface area contributed by atoms with E-state index < -0.39 is 0 Å². The molecule has 2 saturated heterocycles. The maximum atomic E-state index is 13.0. The van der Waals surface area contributed by atoms with Gasteiger partial charge in [-0.3, -0.25) is 18.9 Å². The zero-order valence-corrected chi connectivity index (χ0v) is 19.2. The monoisotopic (exact) mass is 502 g/mol. The van der Waals surface area contributed by atoms with Crippen LogP contribution >= 0.6 is 27.3 Å². The van der Waals surface area contributed by atoms with Crippen LogP contribution in [0.2, 0.25) is 0 Å². The van der Waals surface area contributed by atoms with Crippen molar-refractivity contribution in [3.8, 4) is 0 Å². The Morgan fingerprint density at radius 2 is 1.94 bits per heavy atom. The Hall–Kier alpha value is -2.11. The number of hydrazine groups is 1. The first kappa shape index (κ1) is 20.8. The second-order valence-corrected chi connectivity index (χ2v) is 9.71. The fraction of sp³-hybridized carbons (Fsp3) is 0.381. The highest BCUT2D eigenvalue weighted by Gasteiger charge is 2.34. The lowest BCUT2D eigenvalue weighted by atomic mass is 10.0. The summed E-state index contributed by atoms with van der Waals surface area (Å²) in [6.07, 6.45) is 2.48. The first-order chi connectivity index (χ1) is 15.1. The predicted molar refractivity (Wildman–Crippen MR) is 123 cm³/mol. The molecule has 2 aliphatic rings. The quantitative estimate of drug-likeness (QED) is 0.565. The van der Waals surface area contributed by atoms with Gasteiger partial charge in [0.25, 0.3) is 5.56 Å². The van der Waals surface area contributed by atoms with Gasteiger partial charge in [-0.2, -0.15) is 0 Å². The van der Waals surface area contributed by atoms with Crippen LogP contribution in [0.4, 0.5) is 0 Å². The van der Waals surface area contributed by atoms with Gasteiger partial charge in [-0.1, -0.05) is 28.1 Å². The Kier molecular flexibility index (Phi) is 5.89. The summed E-state index contributed by atoms with van der Waals surface area (Å²) in [4.78, 5) is 34.7. The van der Waals surface area contributed by atoms with E-state index in [9.17, 15) is 9.59 Å². The van der Waals surface area contributed by atoms with Gasteiger partial charge < -0.3 is 4.90 Å². The number of amides is 1. The van der Waals surface area contributed by atoms with Gasteiger partial charge in [0.1, 0.15) is 6.04 Å². The molecule has 10 heteroatoms. The molecule has 4 heterocycles. The van der Waals surface area contributed by atoms with E-state index in [-0.39, 0.29) is 23.6 Å². The summed E-state index contributed by atoms with van der Waals surface area (Å²) < 4.78 is 2.61. The summed E-state index contributed by atoms with van der Waals surface area (Å²) in [7, 11) is 0. The van der Waals surface area contributed by atoms with E-state index in [0.717, 1.165) is 34.6 Å². The number of hydrogen-bond acceptors (Lipinski definition) is 7. The molecule has 2 aromatic heterocycles. The van der Waals surface area contributed by atoms with Crippen molar-refractivity contribution < 1.29 is 4.79 Å². The molecule has 3 aromatic rings. The van der Waals surface area contributed by atoms with Gasteiger partial charge in [-0.15, -0.1) is 11.3 Å². The number of fused-ring (bicyclic) bond motifs is 1. The number of halogens is 1. The van der Waals surface area contributed by atoms with Crippen LogP contribution in [0, 0.1) is 0 Å². The molecule has 5 rings (SSSR count). The number of nitrogens with zero attached hydrogens (tertiary/aromatic N) is 4. The van der Waals surface area contributed by atoms with Gasteiger partial charge in [0.15, 0.2) is 4.96 Å². The second kappa shape index (κ2) is 8.79. The highest BCUT2D eigenvalue weighted by Crippen LogP contribution is 2.25. The van der Waals surface area contributed by atoms with Crippen molar-refractivity contribution >= 4 is 38.1 Å². The maximum Gasteiger partial charge on any atom is 0.258 e. The van der Waals surface area contributed by atoms with Crippen LogP contribution in [0.25, 0.3) is 4.96 Å². The molecule has 0 radical (unpaired) electrons. The number of hydrogen-bond donors (Lipinski definition) is 2. The SMILES string of the molecule is O=C(C1CC(c2ccc(Br)cc2)NN1)N1CCN(Cc2cc(=O)n3ccsc3n2)CC1. The third-order valence-electron chi connectivity index (χ3n) is 5.90. The van der Waals surface area contributed by atoms with E-state index in [1.807, 2.05) is 22.4 Å². The Balaban J connectivity index is 1.15. The number of nitrogens with one attached hydrogen (secondary N) is 2. The molecule has 162 valence electrons. The molecule has 0 aliphatic carbocycles. The molecule has 2 atom stereocenters. The molecule has 8 nitrogen and oxygen atoms in total. The van der Waals surface area contributed by atoms with E-state index in [1.165, 1.54) is 16.9 Å². The highest BCUT2D eigenvalue weighted by atomic mass is 79.9. The molecular formula is C21H23BrN6O2S. The minimum absolute atomic E-state index is 0.0461. The van der Waals surface area contributed by atoms with Gasteiger partial charge in [-0.25, -0.2) is 15.8 Å². The topological polar surface area (TPSA) is 82.0 Å². The average molecular weight is 503 g/mol. The van der Waals surface area contributed by atoms with Gasteiger partial charge in [0.2, 0.25) is 5.91 Å². The van der Waals surface area contributed by atoms with Crippen molar-refractivity contribution in [2.45, 2.75) is 25.0 Å². The predicted octanol–water partition coefficient (Wildman–Crippen LogP) is 1.77. The molecule has 2 fully saturated rings. The fourth-order valence-electron chi connectivity index (χ4n) is 4.18. The standard InChI is InChI=1S/C21H23BrN6O2S/c22-15-3-1-14(2-4-15)17-12-18(25-24-17)20(30)27-7-5-26(6-8-27)13-16-11-19(29)28-9-10-31-21(28)23-16/h1-4,9-11,17-18,24-25H,5-8,12-13H2. The van der Waals surface area contributed by atoms with E-state index in [1.54, 1.807) is 16.7 Å². The summed E-state index contributed by atoms with van der Waals surface area (Å²) in [6, 6.07) is 9.69. The largest absolute Gasteiger partial charge is 0.339 e. The van der Waals surface area contributed by atoms with Crippen molar-refractivity contribution in [1.29, 1.82) is 0 Å². The zero-order valence-electron chi connectivity index (χ0n) is 16.8. The fourth-order valence-corrected chi connectivity index (χ4v) is 5.18. The molecule has 0 spiro atoms. The van der Waals surface area contributed by atoms with E-state index in [0.29, 0.717) is 19.6 Å². The number of aromatic nitrogens is 2. The van der Waals surface area contributed by atoms with Crippen LogP contribution in [0.3, 0.4) is 0 Å². The van der Waals surface area contributed by atoms with Gasteiger partial charge >= 0.3 is 0 Å². The molecule has 1 amide bonds. The lowest BCUT2D eigenvalue weighted by molar-refractivity contribution is -0.135. The lowest BCUT2D eigenvalue weighted by Gasteiger charge is -2.35. The first-order valence-electron chi connectivity index (χ1n) is 10.3. The zero-order chi connectivity index (χ0) is 21.4. The molecule has 2 N–H and O–H groups in total. The summed E-state index contributed by atoms with van der Waals surface area (Å²) in [5.41, 5.74) is 8.34. The third kappa shape index (κ3) is 4.44. The van der Waals surface area contributed by atoms with Crippen molar-refractivity contribution in [3.63, 3.8) is 0 Å². The highest BCUT2D eigenvalue weighted by molar-refractivity contribution is 9.10. The maximum absolute atomic E-state index is 13.0. The third-order valence-corrected chi connectivity index (χ3v) is 7.18. The van der Waals surface area contributed by atoms with Crippen LogP contribution in [0.1, 0.15) is 23.7 Å². The molecule has 2 unspecified atom stereocenters. The van der Waals surface area contributed by atoms with Crippen LogP contribution in [0.15, 0.2) is 51.2 Å². The molecule has 0 bridgehead atoms. The summed E-state index contributed by atoms with van der Waals surface area (Å²) in [6.45, 7) is 3.53. The average Bonchev–Trinajstić information content (AvgIpc) is 3.44. The number of carbonyl (C=O) groups is 1. The summed E-state index contributed by atoms with van der Waals surface area (Å²) in [5.74, 6) is 0.142. The smallest absolute Gasteiger partial charge is 0.258 e. The van der Waals surface area contributed by atoms with Crippen molar-refractivity contribution in [1.82, 2.24) is 30.0 Å². The summed E-state index contributed by atoms with van der Waals surface area (Å²) >= 11 is 4.92. The van der Waals surface area contributed by atoms with Crippen LogP contribution in [-0.4, -0.2) is 57.3 Å². The molecule has 0 saturated carbocycles. The minimum Gasteiger partial charge on any atom is -0.339 e. The van der Waals surface area contributed by atoms with Crippen molar-refractivity contribution in [2.75, 3.05) is 26.2 Å². The number of benzene rings is 1. The van der Waals surface area contributed by atoms with E-state index in [2.05, 4.69) is 48.8 Å². The Morgan fingerprint density at radius 3 is 2.71 bits per heavy atom. The number of carbonyl (C=O) groups excluding carboxylic acids is 1. The summed E-state index contributed by atoms with van der Waals surface area (Å²) in [5, 5.41) is 1.87. The number of thiazole rings is 1. The normalized spacial score (nSPS) is 22.3. The van der Waals surface area contributed by atoms with Gasteiger partial charge in [-0.05, 0) is 24.1 Å². The molecule has 2 aliphatic heterocycles. The van der Waals surface area contributed by atoms with E-state index >= 15 is 0 Å². The second-order valence-electron chi connectivity index (χ2n) is 7.92. The number of piperazine rings is 1. The Bertz CT molecular complexity index is 1140. The minimum atomic E-state index is -0.219. The van der Waals surface area contributed by atoms with Crippen LogP contribution in [-0.2, 0) is 11.3 Å². The number of rotatable bonds is 4. The van der Waals surface area contributed by atoms with Gasteiger partial charge in [0, 0.05) is 60.9 Å². The first-order valence-corrected chi connectivity index (χ1v) is 12.0. The van der Waals surface area contributed by atoms with Crippen LogP contribution < -0.4 is 16.4 Å². The Labute approximate surface area is 192 Å². The van der Waals surface area contributed by atoms with Gasteiger partial charge in [0.05, 0.1) is 5.69 Å². The molecule has 31 heavy (non-hydrogen) atoms. The molecule has 1 aromatic carbocycles. The Morgan fingerprint density at radius 1 is 1.16 bits per heavy atom. The molecular weight excluding hydrogens is 480 g/mol. The van der Waals surface area contributed by atoms with Crippen molar-refractivity contribution in [2.24, 2.45) is 0 Å². The van der Waals surface area contributed by atoms with E-state index in [4.69, 9.17) is 0 Å². The van der Waals surface area contributed by atoms with Crippen molar-refractivity contribution in [3.05, 3.63) is 68.0 Å². The lowest BCUT2D eigenvalue weighted by Crippen LogP contribution is -2.53.